The summed E-state index contributed by atoms with van der Waals surface area (Å²) in [4.78, 5) is 23.2. The number of aryl methyl sites for hydroxylation is 1. The number of aliphatic carboxylic acids is 1. The van der Waals surface area contributed by atoms with Crippen molar-refractivity contribution in [2.75, 3.05) is 7.11 Å². The number of esters is 1. The number of carboxylic acids is 1. The van der Waals surface area contributed by atoms with E-state index in [9.17, 15) is 14.7 Å². The van der Waals surface area contributed by atoms with Crippen molar-refractivity contribution in [3.8, 4) is 5.75 Å². The molecule has 0 fully saturated rings. The molecule has 0 spiro atoms. The normalized spacial score (nSPS) is 12.6. The maximum absolute atomic E-state index is 11.8. The number of benzene rings is 1. The van der Waals surface area contributed by atoms with E-state index in [1.54, 1.807) is 40.0 Å². The molecule has 0 radical (unpaired) electrons. The monoisotopic (exact) mass is 308 g/mol. The first-order valence-electron chi connectivity index (χ1n) is 7.23. The maximum atomic E-state index is 11.8. The summed E-state index contributed by atoms with van der Waals surface area (Å²) in [6, 6.07) is 5.28. The van der Waals surface area contributed by atoms with Gasteiger partial charge in [-0.2, -0.15) is 0 Å². The van der Waals surface area contributed by atoms with E-state index in [-0.39, 0.29) is 12.8 Å². The van der Waals surface area contributed by atoms with Crippen molar-refractivity contribution >= 4 is 11.9 Å². The topological polar surface area (TPSA) is 72.8 Å². The average Bonchev–Trinajstić information content (AvgIpc) is 2.38. The largest absolute Gasteiger partial charge is 0.496 e. The molecule has 22 heavy (non-hydrogen) atoms. The Hall–Kier alpha value is -2.04. The molecule has 0 aliphatic rings. The minimum Gasteiger partial charge on any atom is -0.496 e. The molecular formula is C17H24O5. The Kier molecular flexibility index (Phi) is 5.97. The standard InChI is InChI=1S/C17H24O5/c1-11-6-7-12(10-14(11)21-5)13(16(19)20)8-9-15(18)22-17(2,3)4/h6-7,10,13H,8-9H2,1-5H3,(H,19,20)/t13-/m0/s1. The van der Waals surface area contributed by atoms with Crippen molar-refractivity contribution in [2.45, 2.75) is 52.1 Å². The van der Waals surface area contributed by atoms with Crippen LogP contribution < -0.4 is 4.74 Å². The lowest BCUT2D eigenvalue weighted by Gasteiger charge is -2.20. The van der Waals surface area contributed by atoms with Gasteiger partial charge >= 0.3 is 11.9 Å². The van der Waals surface area contributed by atoms with Crippen LogP contribution in [0, 0.1) is 6.92 Å². The molecule has 0 aliphatic heterocycles. The van der Waals surface area contributed by atoms with Gasteiger partial charge in [-0.25, -0.2) is 0 Å². The van der Waals surface area contributed by atoms with Gasteiger partial charge in [0.25, 0.3) is 0 Å². The fourth-order valence-electron chi connectivity index (χ4n) is 2.14. The minimum atomic E-state index is -0.963. The summed E-state index contributed by atoms with van der Waals surface area (Å²) in [5.41, 5.74) is 0.990. The van der Waals surface area contributed by atoms with E-state index in [1.165, 1.54) is 0 Å². The molecule has 0 bridgehead atoms. The van der Waals surface area contributed by atoms with Gasteiger partial charge in [0.15, 0.2) is 0 Å². The first kappa shape index (κ1) is 18.0. The molecule has 5 heteroatoms. The fraction of sp³-hybridized carbons (Fsp3) is 0.529. The van der Waals surface area contributed by atoms with Crippen LogP contribution in [0.5, 0.6) is 5.75 Å². The number of hydrogen-bond acceptors (Lipinski definition) is 4. The van der Waals surface area contributed by atoms with Gasteiger partial charge in [-0.1, -0.05) is 12.1 Å². The predicted molar refractivity (Wildman–Crippen MR) is 83.2 cm³/mol. The first-order valence-corrected chi connectivity index (χ1v) is 7.23. The van der Waals surface area contributed by atoms with E-state index in [1.807, 2.05) is 13.0 Å². The molecule has 0 heterocycles. The second-order valence-corrected chi connectivity index (χ2v) is 6.25. The lowest BCUT2D eigenvalue weighted by atomic mass is 9.93. The third-order valence-corrected chi connectivity index (χ3v) is 3.19. The number of methoxy groups -OCH3 is 1. The van der Waals surface area contributed by atoms with Crippen molar-refractivity contribution in [1.29, 1.82) is 0 Å². The van der Waals surface area contributed by atoms with Gasteiger partial charge in [0, 0.05) is 6.42 Å². The van der Waals surface area contributed by atoms with Crippen molar-refractivity contribution in [1.82, 2.24) is 0 Å². The summed E-state index contributed by atoms with van der Waals surface area (Å²) < 4.78 is 10.4. The molecule has 1 aromatic carbocycles. The molecule has 5 nitrogen and oxygen atoms in total. The van der Waals surface area contributed by atoms with Crippen LogP contribution in [0.15, 0.2) is 18.2 Å². The molecule has 0 amide bonds. The first-order chi connectivity index (χ1) is 10.1. The third-order valence-electron chi connectivity index (χ3n) is 3.19. The van der Waals surface area contributed by atoms with Crippen LogP contribution in [0.4, 0.5) is 0 Å². The zero-order valence-corrected chi connectivity index (χ0v) is 13.8. The molecule has 0 saturated heterocycles. The van der Waals surface area contributed by atoms with Gasteiger partial charge < -0.3 is 14.6 Å². The van der Waals surface area contributed by atoms with Crippen LogP contribution in [0.3, 0.4) is 0 Å². The summed E-state index contributed by atoms with van der Waals surface area (Å²) in [5.74, 6) is -1.48. The lowest BCUT2D eigenvalue weighted by molar-refractivity contribution is -0.155. The van der Waals surface area contributed by atoms with Gasteiger partial charge in [-0.15, -0.1) is 0 Å². The highest BCUT2D eigenvalue weighted by Crippen LogP contribution is 2.28. The molecule has 1 N–H and O–H groups in total. The molecule has 0 aromatic heterocycles. The Morgan fingerprint density at radius 2 is 1.91 bits per heavy atom. The Bertz CT molecular complexity index is 542. The van der Waals surface area contributed by atoms with Gasteiger partial charge in [-0.05, 0) is 51.3 Å². The number of ether oxygens (including phenoxy) is 2. The number of carbonyl (C=O) groups excluding carboxylic acids is 1. The second kappa shape index (κ2) is 7.29. The van der Waals surface area contributed by atoms with Crippen LogP contribution in [0.2, 0.25) is 0 Å². The summed E-state index contributed by atoms with van der Waals surface area (Å²) in [5, 5.41) is 9.41. The summed E-state index contributed by atoms with van der Waals surface area (Å²) in [6.07, 6.45) is 0.251. The van der Waals surface area contributed by atoms with Crippen LogP contribution in [0.25, 0.3) is 0 Å². The van der Waals surface area contributed by atoms with E-state index in [4.69, 9.17) is 9.47 Å². The molecule has 0 unspecified atom stereocenters. The second-order valence-electron chi connectivity index (χ2n) is 6.25. The minimum absolute atomic E-state index is 0.0599. The zero-order valence-electron chi connectivity index (χ0n) is 13.8. The van der Waals surface area contributed by atoms with Crippen molar-refractivity contribution in [2.24, 2.45) is 0 Å². The lowest BCUT2D eigenvalue weighted by Crippen LogP contribution is -2.24. The summed E-state index contributed by atoms with van der Waals surface area (Å²) in [7, 11) is 1.54. The highest BCUT2D eigenvalue weighted by atomic mass is 16.6. The van der Waals surface area contributed by atoms with Crippen LogP contribution in [-0.2, 0) is 14.3 Å². The molecule has 1 aromatic rings. The predicted octanol–water partition coefficient (Wildman–Crippen LogP) is 3.29. The molecule has 1 atom stereocenters. The van der Waals surface area contributed by atoms with Gasteiger partial charge in [0.1, 0.15) is 11.4 Å². The highest BCUT2D eigenvalue weighted by Gasteiger charge is 2.24. The van der Waals surface area contributed by atoms with E-state index in [0.717, 1.165) is 5.56 Å². The van der Waals surface area contributed by atoms with Crippen molar-refractivity contribution < 1.29 is 24.2 Å². The number of hydrogen-bond donors (Lipinski definition) is 1. The Balaban J connectivity index is 2.83. The number of carboxylic acid groups (broad SMARTS) is 1. The smallest absolute Gasteiger partial charge is 0.310 e. The fourth-order valence-corrected chi connectivity index (χ4v) is 2.14. The molecule has 1 rings (SSSR count). The van der Waals surface area contributed by atoms with E-state index < -0.39 is 23.5 Å². The van der Waals surface area contributed by atoms with Gasteiger partial charge in [-0.3, -0.25) is 9.59 Å². The molecule has 0 saturated carbocycles. The molecule has 122 valence electrons. The third kappa shape index (κ3) is 5.39. The maximum Gasteiger partial charge on any atom is 0.310 e. The van der Waals surface area contributed by atoms with Gasteiger partial charge in [0.2, 0.25) is 0 Å². The Morgan fingerprint density at radius 1 is 1.27 bits per heavy atom. The highest BCUT2D eigenvalue weighted by molar-refractivity contribution is 5.78. The van der Waals surface area contributed by atoms with Crippen LogP contribution in [0.1, 0.15) is 50.7 Å². The average molecular weight is 308 g/mol. The Labute approximate surface area is 131 Å². The van der Waals surface area contributed by atoms with Crippen molar-refractivity contribution in [3.05, 3.63) is 29.3 Å². The summed E-state index contributed by atoms with van der Waals surface area (Å²) in [6.45, 7) is 7.23. The van der Waals surface area contributed by atoms with Crippen LogP contribution in [-0.4, -0.2) is 29.8 Å². The summed E-state index contributed by atoms with van der Waals surface area (Å²) >= 11 is 0. The van der Waals surface area contributed by atoms with Crippen LogP contribution >= 0.6 is 0 Å². The Morgan fingerprint density at radius 3 is 2.41 bits per heavy atom. The molecule has 0 aliphatic carbocycles. The number of carbonyl (C=O) groups is 2. The SMILES string of the molecule is COc1cc([C@H](CCC(=O)OC(C)(C)C)C(=O)O)ccc1C. The zero-order chi connectivity index (χ0) is 16.9. The number of rotatable bonds is 6. The molecular weight excluding hydrogens is 284 g/mol. The van der Waals surface area contributed by atoms with Gasteiger partial charge in [0.05, 0.1) is 13.0 Å². The van der Waals surface area contributed by atoms with E-state index in [2.05, 4.69) is 0 Å². The van der Waals surface area contributed by atoms with E-state index in [0.29, 0.717) is 11.3 Å². The van der Waals surface area contributed by atoms with Crippen molar-refractivity contribution in [3.63, 3.8) is 0 Å². The quantitative estimate of drug-likeness (QED) is 0.816. The van der Waals surface area contributed by atoms with E-state index >= 15 is 0 Å².